The Bertz CT molecular complexity index is 1300. The standard InChI is InChI=1S/C22H21N5O3S2/c28-21(23-22-25-24-20(31-22)13-15-7-3-1-4-8-15)16-10-11-17-18(14-16)32(29,30)26-19-9-5-2-6-12-27(17)19/h1,3-4,7-8,10-11,14H,2,5-6,9,12-13H2,(H,23,25,28). The lowest BCUT2D eigenvalue weighted by atomic mass is 10.1. The Morgan fingerprint density at radius 1 is 1.06 bits per heavy atom. The van der Waals surface area contributed by atoms with Crippen molar-refractivity contribution in [2.45, 2.75) is 37.0 Å². The third-order valence-corrected chi connectivity index (χ3v) is 7.67. The summed E-state index contributed by atoms with van der Waals surface area (Å²) in [5.74, 6) is 0.156. The van der Waals surface area contributed by atoms with Gasteiger partial charge in [-0.25, -0.2) is 0 Å². The maximum absolute atomic E-state index is 12.8. The van der Waals surface area contributed by atoms with E-state index in [1.165, 1.54) is 17.4 Å². The Morgan fingerprint density at radius 2 is 1.91 bits per heavy atom. The van der Waals surface area contributed by atoms with E-state index in [0.29, 0.717) is 29.5 Å². The molecule has 32 heavy (non-hydrogen) atoms. The van der Waals surface area contributed by atoms with E-state index < -0.39 is 15.9 Å². The van der Waals surface area contributed by atoms with Crippen LogP contribution >= 0.6 is 11.3 Å². The van der Waals surface area contributed by atoms with Crippen LogP contribution in [0.3, 0.4) is 0 Å². The van der Waals surface area contributed by atoms with Gasteiger partial charge < -0.3 is 4.90 Å². The number of hydrogen-bond acceptors (Lipinski definition) is 7. The fraction of sp³-hybridized carbons (Fsp3) is 0.273. The van der Waals surface area contributed by atoms with E-state index in [1.807, 2.05) is 35.2 Å². The van der Waals surface area contributed by atoms with Crippen molar-refractivity contribution < 1.29 is 13.2 Å². The lowest BCUT2D eigenvalue weighted by Crippen LogP contribution is -2.35. The summed E-state index contributed by atoms with van der Waals surface area (Å²) in [5, 5.41) is 12.1. The van der Waals surface area contributed by atoms with Crippen molar-refractivity contribution in [1.82, 2.24) is 10.2 Å². The number of benzene rings is 2. The van der Waals surface area contributed by atoms with Gasteiger partial charge in [0.25, 0.3) is 15.9 Å². The van der Waals surface area contributed by atoms with Gasteiger partial charge in [0.05, 0.1) is 5.69 Å². The maximum Gasteiger partial charge on any atom is 0.286 e. The van der Waals surface area contributed by atoms with E-state index in [9.17, 15) is 13.2 Å². The summed E-state index contributed by atoms with van der Waals surface area (Å²) in [7, 11) is -3.85. The number of nitrogens with one attached hydrogen (secondary N) is 1. The highest BCUT2D eigenvalue weighted by Gasteiger charge is 2.32. The first-order valence-corrected chi connectivity index (χ1v) is 12.7. The van der Waals surface area contributed by atoms with Crippen molar-refractivity contribution in [3.05, 3.63) is 64.7 Å². The molecule has 0 unspecified atom stereocenters. The molecule has 1 saturated heterocycles. The van der Waals surface area contributed by atoms with E-state index in [-0.39, 0.29) is 10.5 Å². The van der Waals surface area contributed by atoms with Gasteiger partial charge in [-0.2, -0.15) is 8.42 Å². The summed E-state index contributed by atoms with van der Waals surface area (Å²) in [5.41, 5.74) is 1.94. The van der Waals surface area contributed by atoms with Crippen molar-refractivity contribution in [2.75, 3.05) is 16.8 Å². The number of amides is 1. The molecule has 1 fully saturated rings. The van der Waals surface area contributed by atoms with Crippen molar-refractivity contribution in [1.29, 1.82) is 0 Å². The van der Waals surface area contributed by atoms with Crippen LogP contribution in [0, 0.1) is 0 Å². The molecule has 2 aliphatic heterocycles. The van der Waals surface area contributed by atoms with E-state index in [0.717, 1.165) is 36.4 Å². The highest BCUT2D eigenvalue weighted by atomic mass is 32.2. The summed E-state index contributed by atoms with van der Waals surface area (Å²) < 4.78 is 29.6. The van der Waals surface area contributed by atoms with Crippen molar-refractivity contribution in [2.24, 2.45) is 4.40 Å². The van der Waals surface area contributed by atoms with E-state index >= 15 is 0 Å². The zero-order chi connectivity index (χ0) is 22.1. The largest absolute Gasteiger partial charge is 0.328 e. The second kappa shape index (κ2) is 8.44. The van der Waals surface area contributed by atoms with Crippen LogP contribution in [0.25, 0.3) is 0 Å². The smallest absolute Gasteiger partial charge is 0.286 e. The van der Waals surface area contributed by atoms with Gasteiger partial charge in [-0.3, -0.25) is 10.1 Å². The second-order valence-corrected chi connectivity index (χ2v) is 10.4. The first kappa shape index (κ1) is 20.8. The zero-order valence-corrected chi connectivity index (χ0v) is 18.8. The number of amidine groups is 1. The van der Waals surface area contributed by atoms with Crippen LogP contribution in [0.15, 0.2) is 57.8 Å². The van der Waals surface area contributed by atoms with Gasteiger partial charge in [0.1, 0.15) is 15.7 Å². The fourth-order valence-electron chi connectivity index (χ4n) is 3.94. The third kappa shape index (κ3) is 4.15. The second-order valence-electron chi connectivity index (χ2n) is 7.74. The molecule has 2 aliphatic rings. The van der Waals surface area contributed by atoms with Gasteiger partial charge in [-0.15, -0.1) is 14.6 Å². The lowest BCUT2D eigenvalue weighted by Gasteiger charge is -2.29. The third-order valence-electron chi connectivity index (χ3n) is 5.50. The first-order chi connectivity index (χ1) is 15.5. The average molecular weight is 468 g/mol. The predicted octanol–water partition coefficient (Wildman–Crippen LogP) is 3.86. The van der Waals surface area contributed by atoms with Crippen LogP contribution in [0.5, 0.6) is 0 Å². The number of aromatic nitrogens is 2. The van der Waals surface area contributed by atoms with E-state index in [1.54, 1.807) is 12.1 Å². The van der Waals surface area contributed by atoms with Crippen molar-refractivity contribution in [3.63, 3.8) is 0 Å². The predicted molar refractivity (Wildman–Crippen MR) is 124 cm³/mol. The molecule has 1 amide bonds. The summed E-state index contributed by atoms with van der Waals surface area (Å²) in [6.07, 6.45) is 4.21. The molecule has 10 heteroatoms. The fourth-order valence-corrected chi connectivity index (χ4v) is 5.99. The Morgan fingerprint density at radius 3 is 2.75 bits per heavy atom. The number of fused-ring (bicyclic) bond motifs is 3. The number of nitrogens with zero attached hydrogens (tertiary/aromatic N) is 4. The number of carbonyl (C=O) groups is 1. The zero-order valence-electron chi connectivity index (χ0n) is 17.2. The number of anilines is 2. The molecule has 8 nitrogen and oxygen atoms in total. The molecule has 3 heterocycles. The van der Waals surface area contributed by atoms with Crippen LogP contribution in [-0.4, -0.2) is 36.9 Å². The van der Waals surface area contributed by atoms with Crippen LogP contribution in [0.4, 0.5) is 10.8 Å². The van der Waals surface area contributed by atoms with E-state index in [2.05, 4.69) is 19.9 Å². The SMILES string of the molecule is O=C(Nc1nnc(Cc2ccccc2)s1)c1ccc2c(c1)S(=O)(=O)N=C1CCCCCN12. The molecule has 0 atom stereocenters. The van der Waals surface area contributed by atoms with Crippen LogP contribution in [0.1, 0.15) is 46.6 Å². The lowest BCUT2D eigenvalue weighted by molar-refractivity contribution is 0.102. The minimum Gasteiger partial charge on any atom is -0.328 e. The van der Waals surface area contributed by atoms with Crippen molar-refractivity contribution in [3.8, 4) is 0 Å². The monoisotopic (exact) mass is 467 g/mol. The Hall–Kier alpha value is -3.11. The van der Waals surface area contributed by atoms with Gasteiger partial charge in [0.2, 0.25) is 5.13 Å². The molecular formula is C22H21N5O3S2. The Balaban J connectivity index is 1.36. The molecule has 0 saturated carbocycles. The van der Waals surface area contributed by atoms with Gasteiger partial charge in [0.15, 0.2) is 0 Å². The summed E-state index contributed by atoms with van der Waals surface area (Å²) in [6, 6.07) is 14.6. The number of rotatable bonds is 4. The van der Waals surface area contributed by atoms with Gasteiger partial charge in [-0.1, -0.05) is 48.1 Å². The molecule has 1 aromatic heterocycles. The number of sulfonamides is 1. The Labute approximate surface area is 190 Å². The minimum absolute atomic E-state index is 0.0674. The maximum atomic E-state index is 12.8. The van der Waals surface area contributed by atoms with Crippen LogP contribution in [0.2, 0.25) is 0 Å². The van der Waals surface area contributed by atoms with Gasteiger partial charge >= 0.3 is 0 Å². The summed E-state index contributed by atoms with van der Waals surface area (Å²) in [6.45, 7) is 0.724. The molecule has 0 radical (unpaired) electrons. The normalized spacial score (nSPS) is 17.0. The molecule has 0 spiro atoms. The van der Waals surface area contributed by atoms with Crippen molar-refractivity contribution >= 4 is 43.9 Å². The average Bonchev–Trinajstić information content (AvgIpc) is 3.08. The number of carbonyl (C=O) groups excluding carboxylic acids is 1. The topological polar surface area (TPSA) is 105 Å². The summed E-state index contributed by atoms with van der Waals surface area (Å²) >= 11 is 1.29. The minimum atomic E-state index is -3.85. The Kier molecular flexibility index (Phi) is 5.48. The molecule has 2 aromatic carbocycles. The highest BCUT2D eigenvalue weighted by molar-refractivity contribution is 7.90. The molecule has 5 rings (SSSR count). The summed E-state index contributed by atoms with van der Waals surface area (Å²) in [4.78, 5) is 14.8. The van der Waals surface area contributed by atoms with Crippen LogP contribution < -0.4 is 10.2 Å². The molecular weight excluding hydrogens is 446 g/mol. The molecule has 0 bridgehead atoms. The van der Waals surface area contributed by atoms with Crippen LogP contribution in [-0.2, 0) is 16.4 Å². The molecule has 3 aromatic rings. The number of hydrogen-bond donors (Lipinski definition) is 1. The van der Waals surface area contributed by atoms with E-state index in [4.69, 9.17) is 0 Å². The molecule has 1 N–H and O–H groups in total. The van der Waals surface area contributed by atoms with Gasteiger partial charge in [0, 0.05) is 24.9 Å². The van der Waals surface area contributed by atoms with Gasteiger partial charge in [-0.05, 0) is 36.6 Å². The quantitative estimate of drug-likeness (QED) is 0.625. The highest BCUT2D eigenvalue weighted by Crippen LogP contribution is 2.35. The first-order valence-electron chi connectivity index (χ1n) is 10.4. The molecule has 164 valence electrons. The molecule has 0 aliphatic carbocycles.